The van der Waals surface area contributed by atoms with Crippen molar-refractivity contribution in [2.75, 3.05) is 38.8 Å². The van der Waals surface area contributed by atoms with E-state index in [0.29, 0.717) is 0 Å². The molecular weight excluding hydrogens is 376 g/mol. The van der Waals surface area contributed by atoms with E-state index in [1.54, 1.807) is 4.90 Å². The SMILES string of the molecule is CCC(C)c1ccccc1N1CC(C(=O)N(CC(=O)OC)CC(=O)OC)CC1=O. The quantitative estimate of drug-likeness (QED) is 0.613. The molecule has 1 aromatic carbocycles. The number of carbonyl (C=O) groups excluding carboxylic acids is 4. The molecule has 0 aromatic heterocycles. The van der Waals surface area contributed by atoms with Gasteiger partial charge in [0, 0.05) is 18.7 Å². The molecule has 0 saturated carbocycles. The molecule has 0 spiro atoms. The van der Waals surface area contributed by atoms with Crippen LogP contribution < -0.4 is 4.90 Å². The van der Waals surface area contributed by atoms with Crippen LogP contribution >= 0.6 is 0 Å². The van der Waals surface area contributed by atoms with Crippen LogP contribution in [-0.2, 0) is 28.7 Å². The number of methoxy groups -OCH3 is 2. The van der Waals surface area contributed by atoms with Crippen molar-refractivity contribution in [3.05, 3.63) is 29.8 Å². The minimum Gasteiger partial charge on any atom is -0.468 e. The zero-order chi connectivity index (χ0) is 21.6. The van der Waals surface area contributed by atoms with E-state index in [9.17, 15) is 19.2 Å². The van der Waals surface area contributed by atoms with E-state index in [-0.39, 0.29) is 37.9 Å². The number of hydrogen-bond donors (Lipinski definition) is 0. The van der Waals surface area contributed by atoms with Crippen LogP contribution in [0.5, 0.6) is 0 Å². The number of nitrogens with zero attached hydrogens (tertiary/aromatic N) is 2. The molecule has 1 aliphatic heterocycles. The van der Waals surface area contributed by atoms with Crippen LogP contribution in [-0.4, -0.2) is 62.5 Å². The number of anilines is 1. The number of ether oxygens (including phenoxy) is 2. The van der Waals surface area contributed by atoms with Crippen LogP contribution in [0, 0.1) is 5.92 Å². The molecular formula is C21H28N2O6. The third kappa shape index (κ3) is 5.34. The summed E-state index contributed by atoms with van der Waals surface area (Å²) in [5.74, 6) is -2.28. The molecule has 2 unspecified atom stereocenters. The van der Waals surface area contributed by atoms with Gasteiger partial charge in [-0.2, -0.15) is 0 Å². The Hall–Kier alpha value is -2.90. The first-order valence-corrected chi connectivity index (χ1v) is 9.64. The summed E-state index contributed by atoms with van der Waals surface area (Å²) in [5.41, 5.74) is 1.85. The summed E-state index contributed by atoms with van der Waals surface area (Å²) in [4.78, 5) is 51.7. The molecule has 1 aromatic rings. The van der Waals surface area contributed by atoms with E-state index < -0.39 is 23.8 Å². The second-order valence-electron chi connectivity index (χ2n) is 7.12. The minimum absolute atomic E-state index is 0.0204. The summed E-state index contributed by atoms with van der Waals surface area (Å²) in [7, 11) is 2.41. The molecule has 0 N–H and O–H groups in total. The second-order valence-corrected chi connectivity index (χ2v) is 7.12. The highest BCUT2D eigenvalue weighted by Gasteiger charge is 2.39. The molecule has 29 heavy (non-hydrogen) atoms. The lowest BCUT2D eigenvalue weighted by Gasteiger charge is -2.25. The summed E-state index contributed by atoms with van der Waals surface area (Å²) in [6.45, 7) is 3.62. The zero-order valence-electron chi connectivity index (χ0n) is 17.3. The van der Waals surface area contributed by atoms with Crippen molar-refractivity contribution in [1.29, 1.82) is 0 Å². The fourth-order valence-electron chi connectivity index (χ4n) is 3.39. The average molecular weight is 404 g/mol. The predicted octanol–water partition coefficient (Wildman–Crippen LogP) is 1.73. The number of amides is 2. The van der Waals surface area contributed by atoms with Crippen molar-refractivity contribution >= 4 is 29.4 Å². The third-order valence-electron chi connectivity index (χ3n) is 5.25. The molecule has 8 heteroatoms. The average Bonchev–Trinajstić information content (AvgIpc) is 3.13. The maximum Gasteiger partial charge on any atom is 0.325 e. The fourth-order valence-corrected chi connectivity index (χ4v) is 3.39. The van der Waals surface area contributed by atoms with Crippen LogP contribution in [0.1, 0.15) is 38.2 Å². The van der Waals surface area contributed by atoms with Gasteiger partial charge in [0.25, 0.3) is 0 Å². The fraction of sp³-hybridized carbons (Fsp3) is 0.524. The first-order valence-electron chi connectivity index (χ1n) is 9.64. The highest BCUT2D eigenvalue weighted by atomic mass is 16.5. The molecule has 2 amide bonds. The summed E-state index contributed by atoms with van der Waals surface area (Å²) in [5, 5.41) is 0. The van der Waals surface area contributed by atoms with E-state index in [4.69, 9.17) is 0 Å². The van der Waals surface area contributed by atoms with Crippen LogP contribution in [0.15, 0.2) is 24.3 Å². The minimum atomic E-state index is -0.651. The van der Waals surface area contributed by atoms with Gasteiger partial charge >= 0.3 is 11.9 Å². The molecule has 2 rings (SSSR count). The predicted molar refractivity (Wildman–Crippen MR) is 106 cm³/mol. The van der Waals surface area contributed by atoms with E-state index >= 15 is 0 Å². The van der Waals surface area contributed by atoms with Crippen molar-refractivity contribution in [3.8, 4) is 0 Å². The number of carbonyl (C=O) groups is 4. The molecule has 0 bridgehead atoms. The van der Waals surface area contributed by atoms with E-state index in [1.165, 1.54) is 14.2 Å². The van der Waals surface area contributed by atoms with Gasteiger partial charge in [-0.15, -0.1) is 0 Å². The highest BCUT2D eigenvalue weighted by molar-refractivity contribution is 6.01. The van der Waals surface area contributed by atoms with Gasteiger partial charge in [0.1, 0.15) is 13.1 Å². The Morgan fingerprint density at radius 3 is 2.28 bits per heavy atom. The van der Waals surface area contributed by atoms with Gasteiger partial charge in [-0.25, -0.2) is 0 Å². The summed E-state index contributed by atoms with van der Waals surface area (Å²) in [6, 6.07) is 7.67. The summed E-state index contributed by atoms with van der Waals surface area (Å²) in [6.07, 6.45) is 0.944. The molecule has 0 aliphatic carbocycles. The monoisotopic (exact) mass is 404 g/mol. The summed E-state index contributed by atoms with van der Waals surface area (Å²) < 4.78 is 9.22. The van der Waals surface area contributed by atoms with Gasteiger partial charge < -0.3 is 19.3 Å². The Balaban J connectivity index is 2.22. The van der Waals surface area contributed by atoms with Crippen molar-refractivity contribution in [2.45, 2.75) is 32.6 Å². The Kier molecular flexibility index (Phi) is 7.75. The molecule has 1 fully saturated rings. The summed E-state index contributed by atoms with van der Waals surface area (Å²) >= 11 is 0. The van der Waals surface area contributed by atoms with Crippen molar-refractivity contribution in [2.24, 2.45) is 5.92 Å². The van der Waals surface area contributed by atoms with Crippen molar-refractivity contribution in [1.82, 2.24) is 4.90 Å². The Morgan fingerprint density at radius 2 is 1.72 bits per heavy atom. The normalized spacial score (nSPS) is 17.0. The first-order chi connectivity index (χ1) is 13.8. The van der Waals surface area contributed by atoms with Gasteiger partial charge in [0.2, 0.25) is 11.8 Å². The molecule has 158 valence electrons. The van der Waals surface area contributed by atoms with E-state index in [2.05, 4.69) is 23.3 Å². The highest BCUT2D eigenvalue weighted by Crippen LogP contribution is 2.33. The van der Waals surface area contributed by atoms with Crippen molar-refractivity contribution in [3.63, 3.8) is 0 Å². The van der Waals surface area contributed by atoms with Crippen LogP contribution in [0.3, 0.4) is 0 Å². The van der Waals surface area contributed by atoms with Gasteiger partial charge in [-0.3, -0.25) is 19.2 Å². The lowest BCUT2D eigenvalue weighted by atomic mass is 9.96. The number of hydrogen-bond acceptors (Lipinski definition) is 6. The number of para-hydroxylation sites is 1. The first kappa shape index (κ1) is 22.4. The topological polar surface area (TPSA) is 93.2 Å². The molecule has 1 heterocycles. The molecule has 0 radical (unpaired) electrons. The second kappa shape index (κ2) is 10.0. The van der Waals surface area contributed by atoms with Crippen LogP contribution in [0.2, 0.25) is 0 Å². The zero-order valence-corrected chi connectivity index (χ0v) is 17.3. The lowest BCUT2D eigenvalue weighted by molar-refractivity contribution is -0.153. The molecule has 1 aliphatic rings. The van der Waals surface area contributed by atoms with Gasteiger partial charge in [-0.1, -0.05) is 32.0 Å². The van der Waals surface area contributed by atoms with E-state index in [1.807, 2.05) is 24.3 Å². The Bertz CT molecular complexity index is 760. The lowest BCUT2D eigenvalue weighted by Crippen LogP contribution is -2.44. The number of benzene rings is 1. The molecule has 8 nitrogen and oxygen atoms in total. The van der Waals surface area contributed by atoms with Crippen LogP contribution in [0.25, 0.3) is 0 Å². The molecule has 2 atom stereocenters. The number of esters is 2. The van der Waals surface area contributed by atoms with Gasteiger partial charge in [-0.05, 0) is 24.0 Å². The van der Waals surface area contributed by atoms with Crippen molar-refractivity contribution < 1.29 is 28.7 Å². The third-order valence-corrected chi connectivity index (χ3v) is 5.25. The molecule has 1 saturated heterocycles. The van der Waals surface area contributed by atoms with Crippen LogP contribution in [0.4, 0.5) is 5.69 Å². The Morgan fingerprint density at radius 1 is 1.14 bits per heavy atom. The van der Waals surface area contributed by atoms with Gasteiger partial charge in [0.05, 0.1) is 20.1 Å². The smallest absolute Gasteiger partial charge is 0.325 e. The Labute approximate surface area is 170 Å². The maximum atomic E-state index is 13.0. The maximum absolute atomic E-state index is 13.0. The largest absolute Gasteiger partial charge is 0.468 e. The van der Waals surface area contributed by atoms with E-state index in [0.717, 1.165) is 22.6 Å². The van der Waals surface area contributed by atoms with Gasteiger partial charge in [0.15, 0.2) is 0 Å². The standard InChI is InChI=1S/C21H28N2O6/c1-5-14(2)16-8-6-7-9-17(16)23-11-15(10-18(23)24)21(27)22(12-19(25)28-3)13-20(26)29-4/h6-9,14-15H,5,10-13H2,1-4H3. The number of rotatable bonds is 8.